The summed E-state index contributed by atoms with van der Waals surface area (Å²) in [5.74, 6) is -1.63. The Hall–Kier alpha value is -3.38. The fraction of sp³-hybridized carbons (Fsp3) is 0.118. The van der Waals surface area contributed by atoms with Crippen molar-refractivity contribution in [3.63, 3.8) is 0 Å². The number of ether oxygens (including phenoxy) is 2. The van der Waals surface area contributed by atoms with Crippen LogP contribution in [0.3, 0.4) is 0 Å². The summed E-state index contributed by atoms with van der Waals surface area (Å²) in [6, 6.07) is 11.1. The summed E-state index contributed by atoms with van der Waals surface area (Å²) < 4.78 is 36.9. The monoisotopic (exact) mass is 374 g/mol. The average Bonchev–Trinajstić information content (AvgIpc) is 2.66. The van der Waals surface area contributed by atoms with Gasteiger partial charge < -0.3 is 9.47 Å². The van der Waals surface area contributed by atoms with Crippen molar-refractivity contribution in [3.8, 4) is 6.07 Å². The SMILES string of the molecule is COC(=O)c1ccc(C(=O)OC)c(S(=O)(=O)Nc2ccc(C#N)cc2)c1. The summed E-state index contributed by atoms with van der Waals surface area (Å²) in [6.07, 6.45) is 0. The average molecular weight is 374 g/mol. The summed E-state index contributed by atoms with van der Waals surface area (Å²) in [5.41, 5.74) is 0.265. The van der Waals surface area contributed by atoms with Crippen molar-refractivity contribution in [2.75, 3.05) is 18.9 Å². The lowest BCUT2D eigenvalue weighted by Gasteiger charge is -2.12. The van der Waals surface area contributed by atoms with E-state index in [4.69, 9.17) is 5.26 Å². The summed E-state index contributed by atoms with van der Waals surface area (Å²) in [7, 11) is -1.96. The molecule has 2 aromatic carbocycles. The molecule has 0 aromatic heterocycles. The number of hydrogen-bond acceptors (Lipinski definition) is 7. The van der Waals surface area contributed by atoms with Crippen LogP contribution in [0.1, 0.15) is 26.3 Å². The van der Waals surface area contributed by atoms with E-state index in [0.29, 0.717) is 5.56 Å². The van der Waals surface area contributed by atoms with Crippen molar-refractivity contribution in [2.45, 2.75) is 4.90 Å². The van der Waals surface area contributed by atoms with Crippen LogP contribution in [-0.4, -0.2) is 34.6 Å². The molecule has 8 nitrogen and oxygen atoms in total. The molecule has 1 N–H and O–H groups in total. The highest BCUT2D eigenvalue weighted by Crippen LogP contribution is 2.23. The highest BCUT2D eigenvalue weighted by atomic mass is 32.2. The van der Waals surface area contributed by atoms with Gasteiger partial charge in [-0.15, -0.1) is 0 Å². The molecule has 2 aromatic rings. The topological polar surface area (TPSA) is 123 Å². The van der Waals surface area contributed by atoms with Gasteiger partial charge in [0, 0.05) is 5.69 Å². The van der Waals surface area contributed by atoms with Gasteiger partial charge in [0.2, 0.25) is 0 Å². The van der Waals surface area contributed by atoms with Gasteiger partial charge in [-0.1, -0.05) is 0 Å². The molecule has 0 saturated heterocycles. The number of nitriles is 1. The molecule has 0 radical (unpaired) electrons. The summed E-state index contributed by atoms with van der Waals surface area (Å²) in [6.45, 7) is 0. The first-order valence-electron chi connectivity index (χ1n) is 7.16. The number of esters is 2. The summed E-state index contributed by atoms with van der Waals surface area (Å²) >= 11 is 0. The van der Waals surface area contributed by atoms with Crippen LogP contribution in [-0.2, 0) is 19.5 Å². The normalized spacial score (nSPS) is 10.5. The fourth-order valence-corrected chi connectivity index (χ4v) is 3.37. The number of rotatable bonds is 5. The molecule has 0 aliphatic carbocycles. The molecule has 0 aliphatic rings. The highest BCUT2D eigenvalue weighted by molar-refractivity contribution is 7.92. The van der Waals surface area contributed by atoms with Gasteiger partial charge in [-0.2, -0.15) is 5.26 Å². The first-order valence-corrected chi connectivity index (χ1v) is 8.64. The molecule has 2 rings (SSSR count). The number of hydrogen-bond donors (Lipinski definition) is 1. The molecule has 134 valence electrons. The number of anilines is 1. The maximum absolute atomic E-state index is 12.7. The Balaban J connectivity index is 2.52. The van der Waals surface area contributed by atoms with Crippen molar-refractivity contribution >= 4 is 27.6 Å². The van der Waals surface area contributed by atoms with Crippen LogP contribution in [0, 0.1) is 11.3 Å². The van der Waals surface area contributed by atoms with Crippen molar-refractivity contribution in [1.29, 1.82) is 5.26 Å². The third kappa shape index (κ3) is 3.99. The van der Waals surface area contributed by atoms with Gasteiger partial charge in [0.05, 0.1) is 37.0 Å². The quantitative estimate of drug-likeness (QED) is 0.793. The molecule has 0 unspecified atom stereocenters. The number of carbonyl (C=O) groups excluding carboxylic acids is 2. The van der Waals surface area contributed by atoms with Crippen LogP contribution < -0.4 is 4.72 Å². The summed E-state index contributed by atoms with van der Waals surface area (Å²) in [4.78, 5) is 23.2. The zero-order valence-electron chi connectivity index (χ0n) is 13.8. The number of methoxy groups -OCH3 is 2. The van der Waals surface area contributed by atoms with Gasteiger partial charge in [0.25, 0.3) is 10.0 Å². The van der Waals surface area contributed by atoms with Gasteiger partial charge in [-0.05, 0) is 42.5 Å². The van der Waals surface area contributed by atoms with E-state index in [-0.39, 0.29) is 16.8 Å². The second-order valence-corrected chi connectivity index (χ2v) is 6.64. The Morgan fingerprint density at radius 2 is 1.62 bits per heavy atom. The molecular formula is C17H14N2O6S. The second-order valence-electron chi connectivity index (χ2n) is 4.99. The van der Waals surface area contributed by atoms with Crippen molar-refractivity contribution < 1.29 is 27.5 Å². The Morgan fingerprint density at radius 3 is 2.15 bits per heavy atom. The Morgan fingerprint density at radius 1 is 1.00 bits per heavy atom. The number of nitrogens with zero attached hydrogens (tertiary/aromatic N) is 1. The smallest absolute Gasteiger partial charge is 0.339 e. The van der Waals surface area contributed by atoms with Gasteiger partial charge in [0.15, 0.2) is 0 Å². The maximum Gasteiger partial charge on any atom is 0.339 e. The third-order valence-corrected chi connectivity index (χ3v) is 4.78. The van der Waals surface area contributed by atoms with E-state index in [1.54, 1.807) is 0 Å². The number of nitrogens with one attached hydrogen (secondary N) is 1. The zero-order chi connectivity index (χ0) is 19.3. The van der Waals surface area contributed by atoms with E-state index in [2.05, 4.69) is 14.2 Å². The molecule has 0 aliphatic heterocycles. The molecule has 0 bridgehead atoms. The van der Waals surface area contributed by atoms with Gasteiger partial charge in [-0.25, -0.2) is 18.0 Å². The number of sulfonamides is 1. The van der Waals surface area contributed by atoms with Crippen molar-refractivity contribution in [1.82, 2.24) is 0 Å². The van der Waals surface area contributed by atoms with Crippen molar-refractivity contribution in [2.24, 2.45) is 0 Å². The van der Waals surface area contributed by atoms with E-state index in [1.807, 2.05) is 6.07 Å². The predicted octanol–water partition coefficient (Wildman–Crippen LogP) is 1.93. The lowest BCUT2D eigenvalue weighted by Crippen LogP contribution is -2.18. The third-order valence-electron chi connectivity index (χ3n) is 3.36. The van der Waals surface area contributed by atoms with Gasteiger partial charge in [0.1, 0.15) is 4.90 Å². The first-order chi connectivity index (χ1) is 12.3. The zero-order valence-corrected chi connectivity index (χ0v) is 14.7. The Kier molecular flexibility index (Phi) is 5.59. The van der Waals surface area contributed by atoms with Crippen LogP contribution in [0.25, 0.3) is 0 Å². The van der Waals surface area contributed by atoms with E-state index in [9.17, 15) is 18.0 Å². The van der Waals surface area contributed by atoms with E-state index >= 15 is 0 Å². The predicted molar refractivity (Wildman–Crippen MR) is 91.1 cm³/mol. The molecule has 9 heteroatoms. The van der Waals surface area contributed by atoms with E-state index in [0.717, 1.165) is 20.3 Å². The van der Waals surface area contributed by atoms with Crippen LogP contribution in [0.2, 0.25) is 0 Å². The second kappa shape index (κ2) is 7.67. The summed E-state index contributed by atoms with van der Waals surface area (Å²) in [5, 5.41) is 8.79. The van der Waals surface area contributed by atoms with Crippen LogP contribution >= 0.6 is 0 Å². The van der Waals surface area contributed by atoms with Crippen LogP contribution in [0.4, 0.5) is 5.69 Å². The molecule has 0 spiro atoms. The lowest BCUT2D eigenvalue weighted by molar-refractivity contribution is 0.0583. The molecule has 0 saturated carbocycles. The number of benzene rings is 2. The molecule has 0 fully saturated rings. The molecule has 0 amide bonds. The van der Waals surface area contributed by atoms with Gasteiger partial charge in [-0.3, -0.25) is 4.72 Å². The molecule has 26 heavy (non-hydrogen) atoms. The largest absolute Gasteiger partial charge is 0.465 e. The number of carbonyl (C=O) groups is 2. The van der Waals surface area contributed by atoms with Crippen molar-refractivity contribution in [3.05, 3.63) is 59.2 Å². The first kappa shape index (κ1) is 19.0. The van der Waals surface area contributed by atoms with E-state index in [1.165, 1.54) is 36.4 Å². The highest BCUT2D eigenvalue weighted by Gasteiger charge is 2.25. The lowest BCUT2D eigenvalue weighted by atomic mass is 10.1. The minimum atomic E-state index is -4.22. The van der Waals surface area contributed by atoms with Crippen LogP contribution in [0.15, 0.2) is 47.4 Å². The standard InChI is InChI=1S/C17H14N2O6S/c1-24-16(20)12-5-8-14(17(21)25-2)15(9-12)26(22,23)19-13-6-3-11(10-18)4-7-13/h3-9,19H,1-2H3. The molecule has 0 heterocycles. The Bertz CT molecular complexity index is 991. The molecule has 0 atom stereocenters. The van der Waals surface area contributed by atoms with E-state index < -0.39 is 26.9 Å². The maximum atomic E-state index is 12.7. The van der Waals surface area contributed by atoms with Crippen LogP contribution in [0.5, 0.6) is 0 Å². The minimum absolute atomic E-state index is 0.0413. The Labute approximate surface area is 150 Å². The van der Waals surface area contributed by atoms with Gasteiger partial charge >= 0.3 is 11.9 Å². The minimum Gasteiger partial charge on any atom is -0.465 e. The molecular weight excluding hydrogens is 360 g/mol. The fourth-order valence-electron chi connectivity index (χ4n) is 2.09.